The quantitative estimate of drug-likeness (QED) is 0.660. The minimum Gasteiger partial charge on any atom is -0.481 e. The van der Waals surface area contributed by atoms with Crippen LogP contribution in [0.25, 0.3) is 11.1 Å². The Labute approximate surface area is 204 Å². The topological polar surface area (TPSA) is 105 Å². The third-order valence-corrected chi connectivity index (χ3v) is 7.61. The van der Waals surface area contributed by atoms with Crippen molar-refractivity contribution in [3.63, 3.8) is 0 Å². The van der Waals surface area contributed by atoms with E-state index in [2.05, 4.69) is 29.6 Å². The van der Waals surface area contributed by atoms with Gasteiger partial charge in [0, 0.05) is 38.1 Å². The lowest BCUT2D eigenvalue weighted by atomic mass is 9.90. The molecule has 1 unspecified atom stereocenters. The van der Waals surface area contributed by atoms with E-state index >= 15 is 0 Å². The zero-order valence-electron chi connectivity index (χ0n) is 19.7. The predicted octanol–water partition coefficient (Wildman–Crippen LogP) is 3.25. The van der Waals surface area contributed by atoms with Gasteiger partial charge in [0.15, 0.2) is 0 Å². The Kier molecular flexibility index (Phi) is 6.23. The number of alkyl carbamates (subject to hydrolysis) is 1. The number of carbonyl (C=O) groups excluding carboxylic acids is 2. The average molecular weight is 479 g/mol. The lowest BCUT2D eigenvalue weighted by molar-refractivity contribution is -0.148. The summed E-state index contributed by atoms with van der Waals surface area (Å²) in [5, 5.41) is 12.2. The van der Waals surface area contributed by atoms with E-state index in [4.69, 9.17) is 9.47 Å². The summed E-state index contributed by atoms with van der Waals surface area (Å²) in [6.07, 6.45) is -0.141. The van der Waals surface area contributed by atoms with E-state index in [1.165, 1.54) is 11.1 Å². The molecule has 0 spiro atoms. The van der Waals surface area contributed by atoms with Crippen molar-refractivity contribution in [2.45, 2.75) is 31.8 Å². The Bertz CT molecular complexity index is 1100. The van der Waals surface area contributed by atoms with E-state index in [0.29, 0.717) is 26.0 Å². The Morgan fingerprint density at radius 3 is 2.40 bits per heavy atom. The number of rotatable bonds is 6. The number of carbonyl (C=O) groups is 3. The molecule has 8 heteroatoms. The number of nitrogens with zero attached hydrogens (tertiary/aromatic N) is 1. The van der Waals surface area contributed by atoms with E-state index in [-0.39, 0.29) is 37.4 Å². The van der Waals surface area contributed by atoms with Crippen LogP contribution in [0.5, 0.6) is 0 Å². The lowest BCUT2D eigenvalue weighted by Gasteiger charge is -2.25. The molecule has 2 aromatic rings. The van der Waals surface area contributed by atoms with Crippen LogP contribution in [0, 0.1) is 11.3 Å². The van der Waals surface area contributed by atoms with Crippen molar-refractivity contribution in [2.75, 3.05) is 32.8 Å². The Balaban J connectivity index is 1.15. The first-order valence-electron chi connectivity index (χ1n) is 12.1. The van der Waals surface area contributed by atoms with Crippen molar-refractivity contribution in [2.24, 2.45) is 11.3 Å². The van der Waals surface area contributed by atoms with Gasteiger partial charge in [-0.25, -0.2) is 4.79 Å². The van der Waals surface area contributed by atoms with Gasteiger partial charge in [0.2, 0.25) is 0 Å². The highest BCUT2D eigenvalue weighted by Gasteiger charge is 2.45. The zero-order valence-corrected chi connectivity index (χ0v) is 19.7. The molecule has 2 saturated heterocycles. The number of ether oxygens (including phenoxy) is 2. The van der Waals surface area contributed by atoms with Crippen LogP contribution in [-0.4, -0.2) is 66.9 Å². The Morgan fingerprint density at radius 1 is 1.11 bits per heavy atom. The Hall–Kier alpha value is -3.39. The maximum atomic E-state index is 13.0. The highest BCUT2D eigenvalue weighted by atomic mass is 16.5. The molecule has 0 radical (unpaired) electrons. The summed E-state index contributed by atoms with van der Waals surface area (Å²) < 4.78 is 11.3. The van der Waals surface area contributed by atoms with Crippen molar-refractivity contribution >= 4 is 18.0 Å². The maximum Gasteiger partial charge on any atom is 0.407 e. The van der Waals surface area contributed by atoms with Crippen LogP contribution in [-0.2, 0) is 19.1 Å². The van der Waals surface area contributed by atoms with E-state index < -0.39 is 23.6 Å². The Morgan fingerprint density at radius 2 is 1.77 bits per heavy atom. The molecule has 2 heterocycles. The largest absolute Gasteiger partial charge is 0.481 e. The third-order valence-electron chi connectivity index (χ3n) is 7.61. The summed E-state index contributed by atoms with van der Waals surface area (Å²) in [6.45, 7) is 3.15. The lowest BCUT2D eigenvalue weighted by Crippen LogP contribution is -2.44. The molecule has 2 aliphatic heterocycles. The molecule has 1 aliphatic carbocycles. The maximum absolute atomic E-state index is 13.0. The number of aliphatic carboxylic acids is 1. The van der Waals surface area contributed by atoms with Gasteiger partial charge in [0.25, 0.3) is 5.91 Å². The third kappa shape index (κ3) is 4.38. The molecule has 3 atom stereocenters. The number of nitrogens with one attached hydrogen (secondary N) is 1. The van der Waals surface area contributed by atoms with Crippen molar-refractivity contribution in [1.29, 1.82) is 0 Å². The number of hydrogen-bond acceptors (Lipinski definition) is 5. The van der Waals surface area contributed by atoms with Gasteiger partial charge in [-0.05, 0) is 42.0 Å². The van der Waals surface area contributed by atoms with Crippen molar-refractivity contribution in [3.05, 3.63) is 59.7 Å². The van der Waals surface area contributed by atoms with Crippen molar-refractivity contribution in [3.8, 4) is 11.1 Å². The number of carboxylic acids is 1. The van der Waals surface area contributed by atoms with Crippen LogP contribution in [0.2, 0.25) is 0 Å². The number of fused-ring (bicyclic) bond motifs is 3. The standard InChI is InChI=1S/C27H30N2O6/c1-27(25(31)32)11-12-29(16-27)24(30)23-17(10-13-34-23)14-28-26(33)35-15-22-20-8-4-2-6-18(20)19-7-3-5-9-21(19)22/h2-9,17,22-23H,10-16H2,1H3,(H,28,33)(H,31,32)/t17-,23-,27?/m1/s1. The smallest absolute Gasteiger partial charge is 0.407 e. The van der Waals surface area contributed by atoms with E-state index in [1.807, 2.05) is 24.3 Å². The SMILES string of the molecule is CC1(C(=O)O)CCN(C(=O)[C@@H]2OCC[C@@H]2CNC(=O)OCC2c3ccccc3-c3ccccc32)C1. The van der Waals surface area contributed by atoms with Gasteiger partial charge in [-0.2, -0.15) is 0 Å². The van der Waals surface area contributed by atoms with E-state index in [0.717, 1.165) is 11.1 Å². The minimum absolute atomic E-state index is 0.0176. The van der Waals surface area contributed by atoms with Crippen LogP contribution < -0.4 is 5.32 Å². The molecule has 2 fully saturated rings. The van der Waals surface area contributed by atoms with Crippen LogP contribution in [0.15, 0.2) is 48.5 Å². The van der Waals surface area contributed by atoms with Gasteiger partial charge < -0.3 is 24.8 Å². The monoisotopic (exact) mass is 478 g/mol. The molecule has 8 nitrogen and oxygen atoms in total. The summed E-state index contributed by atoms with van der Waals surface area (Å²) in [6, 6.07) is 16.3. The second kappa shape index (κ2) is 9.34. The molecular weight excluding hydrogens is 448 g/mol. The zero-order chi connectivity index (χ0) is 24.6. The fourth-order valence-electron chi connectivity index (χ4n) is 5.48. The molecule has 5 rings (SSSR count). The first-order valence-corrected chi connectivity index (χ1v) is 12.1. The first kappa shape index (κ1) is 23.4. The molecule has 184 valence electrons. The van der Waals surface area contributed by atoms with Crippen molar-refractivity contribution < 1.29 is 29.0 Å². The predicted molar refractivity (Wildman–Crippen MR) is 128 cm³/mol. The van der Waals surface area contributed by atoms with Gasteiger partial charge >= 0.3 is 12.1 Å². The number of amides is 2. The van der Waals surface area contributed by atoms with Gasteiger partial charge in [0.05, 0.1) is 5.41 Å². The molecule has 2 amide bonds. The second-order valence-corrected chi connectivity index (χ2v) is 9.92. The summed E-state index contributed by atoms with van der Waals surface area (Å²) >= 11 is 0. The van der Waals surface area contributed by atoms with Crippen LogP contribution in [0.1, 0.15) is 36.8 Å². The summed E-state index contributed by atoms with van der Waals surface area (Å²) in [5.74, 6) is -1.30. The number of carboxylic acid groups (broad SMARTS) is 1. The highest BCUT2D eigenvalue weighted by Crippen LogP contribution is 2.44. The summed E-state index contributed by atoms with van der Waals surface area (Å²) in [5.41, 5.74) is 3.71. The van der Waals surface area contributed by atoms with Gasteiger partial charge in [0.1, 0.15) is 12.7 Å². The van der Waals surface area contributed by atoms with Gasteiger partial charge in [-0.1, -0.05) is 48.5 Å². The summed E-state index contributed by atoms with van der Waals surface area (Å²) in [7, 11) is 0. The first-order chi connectivity index (χ1) is 16.9. The van der Waals surface area contributed by atoms with E-state index in [9.17, 15) is 19.5 Å². The van der Waals surface area contributed by atoms with Gasteiger partial charge in [-0.3, -0.25) is 9.59 Å². The van der Waals surface area contributed by atoms with Crippen LogP contribution in [0.4, 0.5) is 4.79 Å². The molecule has 3 aliphatic rings. The molecule has 2 N–H and O–H groups in total. The normalized spacial score (nSPS) is 25.2. The molecule has 0 aromatic heterocycles. The fraction of sp³-hybridized carbons (Fsp3) is 0.444. The minimum atomic E-state index is -0.927. The average Bonchev–Trinajstić information content (AvgIpc) is 3.57. The molecular formula is C27H30N2O6. The molecule has 2 aromatic carbocycles. The van der Waals surface area contributed by atoms with Gasteiger partial charge in [-0.15, -0.1) is 0 Å². The second-order valence-electron chi connectivity index (χ2n) is 9.92. The molecule has 0 saturated carbocycles. The van der Waals surface area contributed by atoms with Crippen LogP contribution >= 0.6 is 0 Å². The highest BCUT2D eigenvalue weighted by molar-refractivity contribution is 5.84. The van der Waals surface area contributed by atoms with Crippen LogP contribution in [0.3, 0.4) is 0 Å². The number of hydrogen-bond donors (Lipinski definition) is 2. The van der Waals surface area contributed by atoms with E-state index in [1.54, 1.807) is 11.8 Å². The fourth-order valence-corrected chi connectivity index (χ4v) is 5.48. The molecule has 0 bridgehead atoms. The van der Waals surface area contributed by atoms with Crippen molar-refractivity contribution in [1.82, 2.24) is 10.2 Å². The molecule has 35 heavy (non-hydrogen) atoms. The number of benzene rings is 2. The number of likely N-dealkylation sites (tertiary alicyclic amines) is 1. The summed E-state index contributed by atoms with van der Waals surface area (Å²) in [4.78, 5) is 38.6.